The molecule has 1 aromatic rings. The number of hydrogen-bond donors (Lipinski definition) is 1. The predicted octanol–water partition coefficient (Wildman–Crippen LogP) is 2.02. The number of likely N-dealkylation sites (tertiary alicyclic amines) is 1. The SMILES string of the molecule is C[C@@]1(C(=O)O)CCN(C(=O)/C=C/c2ccccc2)C1. The number of aliphatic carboxylic acids is 1. The Bertz CT molecular complexity index is 509. The van der Waals surface area contributed by atoms with Crippen molar-refractivity contribution in [2.75, 3.05) is 13.1 Å². The molecule has 0 bridgehead atoms. The molecule has 0 aromatic heterocycles. The van der Waals surface area contributed by atoms with E-state index < -0.39 is 11.4 Å². The van der Waals surface area contributed by atoms with E-state index in [-0.39, 0.29) is 12.5 Å². The minimum Gasteiger partial charge on any atom is -0.481 e. The number of benzene rings is 1. The molecule has 100 valence electrons. The molecule has 0 unspecified atom stereocenters. The molecule has 1 N–H and O–H groups in total. The van der Waals surface area contributed by atoms with Gasteiger partial charge in [-0.15, -0.1) is 0 Å². The molecule has 1 heterocycles. The summed E-state index contributed by atoms with van der Waals surface area (Å²) in [4.78, 5) is 24.7. The van der Waals surface area contributed by atoms with E-state index in [1.807, 2.05) is 30.3 Å². The van der Waals surface area contributed by atoms with Gasteiger partial charge >= 0.3 is 5.97 Å². The molecule has 0 radical (unpaired) electrons. The zero-order valence-electron chi connectivity index (χ0n) is 10.9. The van der Waals surface area contributed by atoms with Crippen LogP contribution in [0.15, 0.2) is 36.4 Å². The number of carbonyl (C=O) groups is 2. The Kier molecular flexibility index (Phi) is 3.69. The zero-order valence-corrected chi connectivity index (χ0v) is 10.9. The number of amides is 1. The molecule has 1 saturated heterocycles. The lowest BCUT2D eigenvalue weighted by molar-refractivity contribution is -0.147. The van der Waals surface area contributed by atoms with Crippen molar-refractivity contribution in [2.24, 2.45) is 5.41 Å². The summed E-state index contributed by atoms with van der Waals surface area (Å²) in [6.07, 6.45) is 3.76. The second-order valence-corrected chi connectivity index (χ2v) is 5.12. The normalized spacial score (nSPS) is 22.9. The Morgan fingerprint density at radius 3 is 2.58 bits per heavy atom. The summed E-state index contributed by atoms with van der Waals surface area (Å²) in [6.45, 7) is 2.46. The highest BCUT2D eigenvalue weighted by Gasteiger charge is 2.41. The van der Waals surface area contributed by atoms with Gasteiger partial charge in [-0.05, 0) is 25.0 Å². The number of carboxylic acid groups (broad SMARTS) is 1. The van der Waals surface area contributed by atoms with Crippen LogP contribution in [0.25, 0.3) is 6.08 Å². The van der Waals surface area contributed by atoms with E-state index in [0.29, 0.717) is 13.0 Å². The molecule has 1 aromatic carbocycles. The van der Waals surface area contributed by atoms with Gasteiger partial charge in [-0.2, -0.15) is 0 Å². The van der Waals surface area contributed by atoms with Gasteiger partial charge in [0.2, 0.25) is 5.91 Å². The van der Waals surface area contributed by atoms with Crippen molar-refractivity contribution in [3.05, 3.63) is 42.0 Å². The quantitative estimate of drug-likeness (QED) is 0.845. The first-order valence-corrected chi connectivity index (χ1v) is 6.27. The fraction of sp³-hybridized carbons (Fsp3) is 0.333. The van der Waals surface area contributed by atoms with Crippen molar-refractivity contribution < 1.29 is 14.7 Å². The third-order valence-electron chi connectivity index (χ3n) is 3.52. The second-order valence-electron chi connectivity index (χ2n) is 5.12. The van der Waals surface area contributed by atoms with E-state index in [1.165, 1.54) is 6.08 Å². The van der Waals surface area contributed by atoms with Crippen LogP contribution in [0.5, 0.6) is 0 Å². The molecule has 1 aliphatic heterocycles. The molecule has 0 spiro atoms. The fourth-order valence-corrected chi connectivity index (χ4v) is 2.16. The molecule has 1 amide bonds. The van der Waals surface area contributed by atoms with E-state index in [0.717, 1.165) is 5.56 Å². The van der Waals surface area contributed by atoms with Gasteiger partial charge in [0.15, 0.2) is 0 Å². The zero-order chi connectivity index (χ0) is 13.9. The number of rotatable bonds is 3. The van der Waals surface area contributed by atoms with Crippen molar-refractivity contribution >= 4 is 18.0 Å². The fourth-order valence-electron chi connectivity index (χ4n) is 2.16. The highest BCUT2D eigenvalue weighted by Crippen LogP contribution is 2.30. The van der Waals surface area contributed by atoms with Gasteiger partial charge in [0, 0.05) is 19.2 Å². The van der Waals surface area contributed by atoms with Gasteiger partial charge in [0.1, 0.15) is 0 Å². The van der Waals surface area contributed by atoms with Gasteiger partial charge < -0.3 is 10.0 Å². The topological polar surface area (TPSA) is 57.6 Å². The van der Waals surface area contributed by atoms with Gasteiger partial charge in [0.05, 0.1) is 5.41 Å². The smallest absolute Gasteiger partial charge is 0.311 e. The molecular weight excluding hydrogens is 242 g/mol. The van der Waals surface area contributed by atoms with Crippen LogP contribution in [0.2, 0.25) is 0 Å². The minimum atomic E-state index is -0.838. The van der Waals surface area contributed by atoms with Crippen LogP contribution in [0, 0.1) is 5.41 Å². The van der Waals surface area contributed by atoms with Crippen molar-refractivity contribution in [1.29, 1.82) is 0 Å². The van der Waals surface area contributed by atoms with Gasteiger partial charge in [-0.25, -0.2) is 0 Å². The van der Waals surface area contributed by atoms with Crippen molar-refractivity contribution in [2.45, 2.75) is 13.3 Å². The van der Waals surface area contributed by atoms with Gasteiger partial charge in [-0.1, -0.05) is 30.3 Å². The van der Waals surface area contributed by atoms with Crippen LogP contribution in [0.3, 0.4) is 0 Å². The summed E-state index contributed by atoms with van der Waals surface area (Å²) in [7, 11) is 0. The van der Waals surface area contributed by atoms with Crippen LogP contribution in [0.4, 0.5) is 0 Å². The third kappa shape index (κ3) is 3.02. The molecule has 4 heteroatoms. The first kappa shape index (κ1) is 13.3. The van der Waals surface area contributed by atoms with Crippen molar-refractivity contribution in [1.82, 2.24) is 4.90 Å². The summed E-state index contributed by atoms with van der Waals surface area (Å²) in [5, 5.41) is 9.12. The average Bonchev–Trinajstić information content (AvgIpc) is 2.81. The standard InChI is InChI=1S/C15H17NO3/c1-15(14(18)19)9-10-16(11-15)13(17)8-7-12-5-3-2-4-6-12/h2-8H,9-11H2,1H3,(H,18,19)/b8-7+/t15-/m1/s1. The lowest BCUT2D eigenvalue weighted by atomic mass is 9.90. The molecule has 1 atom stereocenters. The summed E-state index contributed by atoms with van der Waals surface area (Å²) >= 11 is 0. The first-order valence-electron chi connectivity index (χ1n) is 6.27. The van der Waals surface area contributed by atoms with Crippen molar-refractivity contribution in [3.8, 4) is 0 Å². The van der Waals surface area contributed by atoms with Gasteiger partial charge in [0.25, 0.3) is 0 Å². The van der Waals surface area contributed by atoms with Crippen LogP contribution in [0.1, 0.15) is 18.9 Å². The molecule has 0 aliphatic carbocycles. The third-order valence-corrected chi connectivity index (χ3v) is 3.52. The number of carboxylic acids is 1. The monoisotopic (exact) mass is 259 g/mol. The van der Waals surface area contributed by atoms with E-state index in [1.54, 1.807) is 17.9 Å². The lowest BCUT2D eigenvalue weighted by Crippen LogP contribution is -2.34. The largest absolute Gasteiger partial charge is 0.481 e. The van der Waals surface area contributed by atoms with Crippen LogP contribution in [-0.2, 0) is 9.59 Å². The van der Waals surface area contributed by atoms with Crippen LogP contribution < -0.4 is 0 Å². The number of carbonyl (C=O) groups excluding carboxylic acids is 1. The number of nitrogens with zero attached hydrogens (tertiary/aromatic N) is 1. The Morgan fingerprint density at radius 2 is 2.00 bits per heavy atom. The summed E-state index contributed by atoms with van der Waals surface area (Å²) in [6, 6.07) is 9.55. The summed E-state index contributed by atoms with van der Waals surface area (Å²) in [5.41, 5.74) is 0.145. The maximum atomic E-state index is 12.0. The molecule has 4 nitrogen and oxygen atoms in total. The maximum absolute atomic E-state index is 12.0. The van der Waals surface area contributed by atoms with Gasteiger partial charge in [-0.3, -0.25) is 9.59 Å². The Morgan fingerprint density at radius 1 is 1.32 bits per heavy atom. The van der Waals surface area contributed by atoms with Crippen LogP contribution >= 0.6 is 0 Å². The van der Waals surface area contributed by atoms with E-state index in [2.05, 4.69) is 0 Å². The number of hydrogen-bond acceptors (Lipinski definition) is 2. The molecular formula is C15H17NO3. The second kappa shape index (κ2) is 5.26. The maximum Gasteiger partial charge on any atom is 0.311 e. The average molecular weight is 259 g/mol. The molecule has 19 heavy (non-hydrogen) atoms. The predicted molar refractivity (Wildman–Crippen MR) is 72.4 cm³/mol. The van der Waals surface area contributed by atoms with Crippen LogP contribution in [-0.4, -0.2) is 35.0 Å². The Balaban J connectivity index is 1.99. The highest BCUT2D eigenvalue weighted by molar-refractivity contribution is 5.92. The summed E-state index contributed by atoms with van der Waals surface area (Å²) in [5.74, 6) is -0.969. The Labute approximate surface area is 112 Å². The molecule has 1 fully saturated rings. The Hall–Kier alpha value is -2.10. The summed E-state index contributed by atoms with van der Waals surface area (Å²) < 4.78 is 0. The highest BCUT2D eigenvalue weighted by atomic mass is 16.4. The van der Waals surface area contributed by atoms with E-state index in [4.69, 9.17) is 5.11 Å². The molecule has 0 saturated carbocycles. The minimum absolute atomic E-state index is 0.131. The van der Waals surface area contributed by atoms with Crippen molar-refractivity contribution in [3.63, 3.8) is 0 Å². The van der Waals surface area contributed by atoms with E-state index >= 15 is 0 Å². The lowest BCUT2D eigenvalue weighted by Gasteiger charge is -2.18. The molecule has 1 aliphatic rings. The van der Waals surface area contributed by atoms with E-state index in [9.17, 15) is 9.59 Å². The molecule has 2 rings (SSSR count). The first-order chi connectivity index (χ1) is 9.01.